The summed E-state index contributed by atoms with van der Waals surface area (Å²) >= 11 is 0. The van der Waals surface area contributed by atoms with Gasteiger partial charge in [-0.2, -0.15) is 0 Å². The molecule has 0 saturated carbocycles. The number of ether oxygens (including phenoxy) is 2. The largest absolute Gasteiger partial charge is 0.497 e. The summed E-state index contributed by atoms with van der Waals surface area (Å²) in [6.07, 6.45) is 3.44. The Morgan fingerprint density at radius 3 is 3.00 bits per heavy atom. The maximum atomic E-state index is 12.1. The van der Waals surface area contributed by atoms with Crippen LogP contribution in [0.25, 0.3) is 0 Å². The highest BCUT2D eigenvalue weighted by Crippen LogP contribution is 2.33. The Morgan fingerprint density at radius 1 is 1.55 bits per heavy atom. The van der Waals surface area contributed by atoms with Crippen molar-refractivity contribution in [2.45, 2.75) is 25.8 Å². The Balaban J connectivity index is 2.26. The zero-order valence-corrected chi connectivity index (χ0v) is 12.0. The molecule has 20 heavy (non-hydrogen) atoms. The lowest BCUT2D eigenvalue weighted by Gasteiger charge is -2.32. The van der Waals surface area contributed by atoms with E-state index in [1.54, 1.807) is 7.11 Å². The van der Waals surface area contributed by atoms with E-state index < -0.39 is 0 Å². The third kappa shape index (κ3) is 2.95. The summed E-state index contributed by atoms with van der Waals surface area (Å²) in [5.41, 5.74) is 2.14. The fourth-order valence-electron chi connectivity index (χ4n) is 2.61. The Bertz CT molecular complexity index is 498. The molecule has 4 heteroatoms. The fraction of sp³-hybridized carbons (Fsp3) is 0.438. The van der Waals surface area contributed by atoms with Gasteiger partial charge >= 0.3 is 5.97 Å². The van der Waals surface area contributed by atoms with Gasteiger partial charge in [0.2, 0.25) is 0 Å². The third-order valence-electron chi connectivity index (χ3n) is 3.59. The molecule has 1 aliphatic rings. The number of fused-ring (bicyclic) bond motifs is 1. The third-order valence-corrected chi connectivity index (χ3v) is 3.59. The summed E-state index contributed by atoms with van der Waals surface area (Å²) in [7, 11) is 1.65. The summed E-state index contributed by atoms with van der Waals surface area (Å²) < 4.78 is 10.4. The predicted octanol–water partition coefficient (Wildman–Crippen LogP) is 2.79. The van der Waals surface area contributed by atoms with Crippen molar-refractivity contribution in [1.82, 2.24) is 0 Å². The summed E-state index contributed by atoms with van der Waals surface area (Å²) in [6.45, 7) is 6.00. The number of anilines is 1. The van der Waals surface area contributed by atoms with Crippen LogP contribution in [0.4, 0.5) is 5.69 Å². The van der Waals surface area contributed by atoms with Crippen molar-refractivity contribution < 1.29 is 14.3 Å². The van der Waals surface area contributed by atoms with Crippen LogP contribution in [-0.4, -0.2) is 25.7 Å². The van der Waals surface area contributed by atoms with Gasteiger partial charge in [-0.05, 0) is 49.4 Å². The number of esters is 1. The lowest BCUT2D eigenvalue weighted by atomic mass is 9.85. The molecule has 0 spiro atoms. The van der Waals surface area contributed by atoms with Crippen molar-refractivity contribution in [3.63, 3.8) is 0 Å². The average Bonchev–Trinajstić information content (AvgIpc) is 2.46. The van der Waals surface area contributed by atoms with E-state index in [1.165, 1.54) is 0 Å². The number of hydrogen-bond donors (Lipinski definition) is 1. The molecule has 0 fully saturated rings. The molecule has 1 aromatic rings. The SMILES string of the molecule is C=CCC1Cc2cc(OC)ccc2NC1C(=O)OCC. The molecule has 1 aromatic carbocycles. The van der Waals surface area contributed by atoms with Crippen LogP contribution in [0.1, 0.15) is 18.9 Å². The van der Waals surface area contributed by atoms with Gasteiger partial charge in [-0.25, -0.2) is 4.79 Å². The number of rotatable bonds is 5. The molecule has 0 bridgehead atoms. The van der Waals surface area contributed by atoms with Crippen LogP contribution in [0.2, 0.25) is 0 Å². The van der Waals surface area contributed by atoms with Crippen molar-refractivity contribution in [1.29, 1.82) is 0 Å². The van der Waals surface area contributed by atoms with Crippen LogP contribution in [-0.2, 0) is 16.0 Å². The standard InChI is InChI=1S/C16H21NO3/c1-4-6-11-9-12-10-13(19-3)7-8-14(12)17-15(11)16(18)20-5-2/h4,7-8,10-11,15,17H,1,5-6,9H2,2-3H3. The van der Waals surface area contributed by atoms with Crippen molar-refractivity contribution in [2.75, 3.05) is 19.0 Å². The average molecular weight is 275 g/mol. The molecular weight excluding hydrogens is 254 g/mol. The van der Waals surface area contributed by atoms with Gasteiger partial charge in [-0.15, -0.1) is 6.58 Å². The second-order valence-corrected chi connectivity index (χ2v) is 4.89. The molecule has 108 valence electrons. The van der Waals surface area contributed by atoms with Crippen LogP contribution in [0.15, 0.2) is 30.9 Å². The minimum absolute atomic E-state index is 0.158. The Kier molecular flexibility index (Phi) is 4.66. The van der Waals surface area contributed by atoms with E-state index in [1.807, 2.05) is 31.2 Å². The molecule has 2 unspecified atom stereocenters. The van der Waals surface area contributed by atoms with Crippen molar-refractivity contribution in [2.24, 2.45) is 5.92 Å². The summed E-state index contributed by atoms with van der Waals surface area (Å²) in [5, 5.41) is 3.29. The minimum Gasteiger partial charge on any atom is -0.497 e. The molecular formula is C16H21NO3. The van der Waals surface area contributed by atoms with E-state index in [4.69, 9.17) is 9.47 Å². The smallest absolute Gasteiger partial charge is 0.328 e. The molecule has 4 nitrogen and oxygen atoms in total. The molecule has 0 amide bonds. The Hall–Kier alpha value is -1.97. The van der Waals surface area contributed by atoms with E-state index >= 15 is 0 Å². The topological polar surface area (TPSA) is 47.6 Å². The maximum Gasteiger partial charge on any atom is 0.328 e. The highest BCUT2D eigenvalue weighted by molar-refractivity contribution is 5.81. The number of nitrogens with one attached hydrogen (secondary N) is 1. The molecule has 2 atom stereocenters. The zero-order valence-electron chi connectivity index (χ0n) is 12.0. The van der Waals surface area contributed by atoms with E-state index in [-0.39, 0.29) is 17.9 Å². The molecule has 2 rings (SSSR count). The first-order chi connectivity index (χ1) is 9.69. The van der Waals surface area contributed by atoms with Crippen LogP contribution in [0.3, 0.4) is 0 Å². The van der Waals surface area contributed by atoms with Gasteiger partial charge in [0.25, 0.3) is 0 Å². The number of benzene rings is 1. The van der Waals surface area contributed by atoms with Crippen molar-refractivity contribution >= 4 is 11.7 Å². The molecule has 1 heterocycles. The predicted molar refractivity (Wildman–Crippen MR) is 79.0 cm³/mol. The van der Waals surface area contributed by atoms with Crippen LogP contribution >= 0.6 is 0 Å². The Labute approximate surface area is 119 Å². The number of carbonyl (C=O) groups excluding carboxylic acids is 1. The van der Waals surface area contributed by atoms with Gasteiger partial charge in [-0.1, -0.05) is 6.08 Å². The van der Waals surface area contributed by atoms with Gasteiger partial charge in [0.1, 0.15) is 11.8 Å². The van der Waals surface area contributed by atoms with Gasteiger partial charge in [0.15, 0.2) is 0 Å². The van der Waals surface area contributed by atoms with Crippen LogP contribution < -0.4 is 10.1 Å². The highest BCUT2D eigenvalue weighted by Gasteiger charge is 2.33. The van der Waals surface area contributed by atoms with Gasteiger partial charge in [0, 0.05) is 5.69 Å². The summed E-state index contributed by atoms with van der Waals surface area (Å²) in [5.74, 6) is 0.796. The highest BCUT2D eigenvalue weighted by atomic mass is 16.5. The zero-order chi connectivity index (χ0) is 14.5. The normalized spacial score (nSPS) is 20.5. The van der Waals surface area contributed by atoms with E-state index in [9.17, 15) is 4.79 Å². The summed E-state index contributed by atoms with van der Waals surface area (Å²) in [4.78, 5) is 12.1. The quantitative estimate of drug-likeness (QED) is 0.663. The van der Waals surface area contributed by atoms with Gasteiger partial charge in [0.05, 0.1) is 13.7 Å². The molecule has 0 saturated heterocycles. The minimum atomic E-state index is -0.311. The molecule has 1 N–H and O–H groups in total. The molecule has 0 aliphatic carbocycles. The fourth-order valence-corrected chi connectivity index (χ4v) is 2.61. The van der Waals surface area contributed by atoms with Gasteiger partial charge in [-0.3, -0.25) is 0 Å². The maximum absolute atomic E-state index is 12.1. The lowest BCUT2D eigenvalue weighted by Crippen LogP contribution is -2.42. The number of allylic oxidation sites excluding steroid dienone is 1. The van der Waals surface area contributed by atoms with Crippen LogP contribution in [0.5, 0.6) is 5.75 Å². The molecule has 0 aromatic heterocycles. The monoisotopic (exact) mass is 275 g/mol. The van der Waals surface area contributed by atoms with E-state index in [0.29, 0.717) is 6.61 Å². The first kappa shape index (κ1) is 14.4. The lowest BCUT2D eigenvalue weighted by molar-refractivity contribution is -0.145. The first-order valence-electron chi connectivity index (χ1n) is 6.90. The number of hydrogen-bond acceptors (Lipinski definition) is 4. The Morgan fingerprint density at radius 2 is 2.35 bits per heavy atom. The second-order valence-electron chi connectivity index (χ2n) is 4.89. The van der Waals surface area contributed by atoms with Crippen molar-refractivity contribution in [3.8, 4) is 5.75 Å². The number of carbonyl (C=O) groups is 1. The molecule has 0 radical (unpaired) electrons. The summed E-state index contributed by atoms with van der Waals surface area (Å²) in [6, 6.07) is 5.54. The van der Waals surface area contributed by atoms with E-state index in [0.717, 1.165) is 29.8 Å². The van der Waals surface area contributed by atoms with Crippen molar-refractivity contribution in [3.05, 3.63) is 36.4 Å². The number of methoxy groups -OCH3 is 1. The van der Waals surface area contributed by atoms with Crippen LogP contribution in [0, 0.1) is 5.92 Å². The van der Waals surface area contributed by atoms with Gasteiger partial charge < -0.3 is 14.8 Å². The molecule has 1 aliphatic heterocycles. The first-order valence-corrected chi connectivity index (χ1v) is 6.90. The van der Waals surface area contributed by atoms with E-state index in [2.05, 4.69) is 11.9 Å². The second kappa shape index (κ2) is 6.46.